The zero-order valence-electron chi connectivity index (χ0n) is 16.0. The molecule has 2 aromatic rings. The Balaban J connectivity index is 0.000000172. The number of esters is 2. The van der Waals surface area contributed by atoms with Crippen LogP contribution in [0.4, 0.5) is 0 Å². The second-order valence-electron chi connectivity index (χ2n) is 6.14. The zero-order chi connectivity index (χ0) is 21.8. The number of cyclic esters (lactones) is 2. The van der Waals surface area contributed by atoms with Crippen LogP contribution in [0.5, 0.6) is 11.8 Å². The van der Waals surface area contributed by atoms with E-state index < -0.39 is 11.9 Å². The maximum absolute atomic E-state index is 11.5. The molecule has 0 aromatic carbocycles. The molecule has 3 heterocycles. The van der Waals surface area contributed by atoms with Crippen molar-refractivity contribution < 1.29 is 33.7 Å². The number of fused-ring (bicyclic) bond motifs is 2. The van der Waals surface area contributed by atoms with E-state index in [9.17, 15) is 19.5 Å². The van der Waals surface area contributed by atoms with Gasteiger partial charge in [0.15, 0.2) is 5.78 Å². The van der Waals surface area contributed by atoms with Crippen LogP contribution in [0.2, 0.25) is 0 Å². The normalized spacial score (nSPS) is 14.5. The molecule has 0 atom stereocenters. The molecule has 0 saturated heterocycles. The number of hydrogen-bond acceptors (Lipinski definition) is 10. The van der Waals surface area contributed by atoms with Crippen molar-refractivity contribution in [3.05, 3.63) is 52.4 Å². The number of Topliss-reactive ketones (excluding diaryl/α,β-unsaturated/α-hetero) is 1. The van der Waals surface area contributed by atoms with E-state index in [2.05, 4.69) is 14.7 Å². The molecule has 0 radical (unpaired) electrons. The van der Waals surface area contributed by atoms with Crippen LogP contribution in [0.25, 0.3) is 5.76 Å². The molecule has 10 heteroatoms. The van der Waals surface area contributed by atoms with Gasteiger partial charge in [-0.15, -0.1) is 0 Å². The number of allylic oxidation sites excluding steroid dienone is 1. The van der Waals surface area contributed by atoms with Gasteiger partial charge in [-0.05, 0) is 11.1 Å². The van der Waals surface area contributed by atoms with Gasteiger partial charge >= 0.3 is 11.9 Å². The number of carbonyl (C=O) groups excluding carboxylic acids is 3. The number of carbonyl (C=O) groups is 3. The highest BCUT2D eigenvalue weighted by atomic mass is 16.6. The van der Waals surface area contributed by atoms with Crippen molar-refractivity contribution in [2.45, 2.75) is 12.8 Å². The Hall–Kier alpha value is -4.26. The lowest BCUT2D eigenvalue weighted by Crippen LogP contribution is -2.23. The molecule has 10 nitrogen and oxygen atoms in total. The number of pyridine rings is 2. The molecule has 0 bridgehead atoms. The zero-order valence-corrected chi connectivity index (χ0v) is 16.0. The molecule has 1 aliphatic carbocycles. The van der Waals surface area contributed by atoms with Crippen molar-refractivity contribution in [3.8, 4) is 17.8 Å². The molecule has 0 fully saturated rings. The molecule has 152 valence electrons. The number of aliphatic hydroxyl groups is 1. The first-order valence-electron chi connectivity index (χ1n) is 8.55. The van der Waals surface area contributed by atoms with Crippen LogP contribution in [0.1, 0.15) is 27.0 Å². The van der Waals surface area contributed by atoms with Gasteiger partial charge in [-0.1, -0.05) is 0 Å². The summed E-state index contributed by atoms with van der Waals surface area (Å²) < 4.78 is 14.2. The van der Waals surface area contributed by atoms with Gasteiger partial charge in [0.1, 0.15) is 17.4 Å². The van der Waals surface area contributed by atoms with E-state index >= 15 is 0 Å². The van der Waals surface area contributed by atoms with Gasteiger partial charge in [0.25, 0.3) is 0 Å². The van der Waals surface area contributed by atoms with Gasteiger partial charge in [-0.2, -0.15) is 5.26 Å². The van der Waals surface area contributed by atoms with Crippen molar-refractivity contribution in [3.63, 3.8) is 0 Å². The molecule has 30 heavy (non-hydrogen) atoms. The summed E-state index contributed by atoms with van der Waals surface area (Å²) in [5.74, 6) is -1.22. The highest BCUT2D eigenvalue weighted by molar-refractivity contribution is 6.08. The number of ketones is 1. The van der Waals surface area contributed by atoms with Crippen molar-refractivity contribution in [2.75, 3.05) is 14.2 Å². The van der Waals surface area contributed by atoms with Gasteiger partial charge < -0.3 is 19.3 Å². The van der Waals surface area contributed by atoms with Gasteiger partial charge in [0.05, 0.1) is 26.2 Å². The fraction of sp³-hybridized carbons (Fsp3) is 0.200. The minimum absolute atomic E-state index is 0.0814. The first kappa shape index (κ1) is 20.5. The summed E-state index contributed by atoms with van der Waals surface area (Å²) in [6.45, 7) is 0. The summed E-state index contributed by atoms with van der Waals surface area (Å²) in [6, 6.07) is 4.67. The lowest BCUT2D eigenvalue weighted by molar-refractivity contribution is -0.137. The van der Waals surface area contributed by atoms with E-state index in [1.54, 1.807) is 6.07 Å². The van der Waals surface area contributed by atoms with E-state index in [0.29, 0.717) is 34.0 Å². The first-order valence-corrected chi connectivity index (χ1v) is 8.55. The maximum atomic E-state index is 11.5. The highest BCUT2D eigenvalue weighted by Crippen LogP contribution is 2.29. The smallest absolute Gasteiger partial charge is 0.346 e. The van der Waals surface area contributed by atoms with Crippen LogP contribution < -0.4 is 9.47 Å². The predicted octanol–water partition coefficient (Wildman–Crippen LogP) is 1.34. The Labute approximate surface area is 170 Å². The average molecular weight is 409 g/mol. The Morgan fingerprint density at radius 3 is 2.13 bits per heavy atom. The number of nitrogens with zero attached hydrogens (tertiary/aromatic N) is 3. The quantitative estimate of drug-likeness (QED) is 0.569. The number of nitriles is 1. The Morgan fingerprint density at radius 1 is 1.00 bits per heavy atom. The standard InChI is InChI=1S/C11H8N2O3.C9H7NO4/c1-16-10-3-7-6(5-13-10)2-9(14)8(4-12)11(7)15;1-13-7-3-6-5(4-10-7)2-8(11)14-9(6)12/h3,5,15H,2H2,1H3;3-4H,2H2,1H3. The summed E-state index contributed by atoms with van der Waals surface area (Å²) in [5, 5.41) is 18.5. The number of hydrogen-bond donors (Lipinski definition) is 1. The van der Waals surface area contributed by atoms with Crippen LogP contribution in [-0.2, 0) is 27.2 Å². The van der Waals surface area contributed by atoms with Crippen LogP contribution in [0.3, 0.4) is 0 Å². The minimum atomic E-state index is -0.642. The Bertz CT molecular complexity index is 1130. The number of methoxy groups -OCH3 is 2. The lowest BCUT2D eigenvalue weighted by Gasteiger charge is -2.15. The van der Waals surface area contributed by atoms with Crippen molar-refractivity contribution in [1.29, 1.82) is 5.26 Å². The fourth-order valence-corrected chi connectivity index (χ4v) is 2.84. The second kappa shape index (κ2) is 8.40. The first-order chi connectivity index (χ1) is 14.4. The van der Waals surface area contributed by atoms with E-state index in [1.807, 2.05) is 0 Å². The molecule has 1 N–H and O–H groups in total. The van der Waals surface area contributed by atoms with Gasteiger partial charge in [-0.3, -0.25) is 9.59 Å². The fourth-order valence-electron chi connectivity index (χ4n) is 2.84. The lowest BCUT2D eigenvalue weighted by atomic mass is 9.91. The number of ether oxygens (including phenoxy) is 3. The molecule has 0 unspecified atom stereocenters. The highest BCUT2D eigenvalue weighted by Gasteiger charge is 2.26. The molecule has 2 aromatic heterocycles. The Kier molecular flexibility index (Phi) is 5.73. The molecule has 0 saturated carbocycles. The number of aliphatic hydroxyl groups excluding tert-OH is 1. The van der Waals surface area contributed by atoms with Gasteiger partial charge in [-0.25, -0.2) is 14.8 Å². The largest absolute Gasteiger partial charge is 0.506 e. The molecule has 2 aliphatic rings. The van der Waals surface area contributed by atoms with E-state index in [0.717, 1.165) is 0 Å². The predicted molar refractivity (Wildman–Crippen MR) is 99.6 cm³/mol. The Morgan fingerprint density at radius 2 is 1.57 bits per heavy atom. The molecule has 0 spiro atoms. The molecular weight excluding hydrogens is 394 g/mol. The molecular formula is C20H15N3O7. The number of rotatable bonds is 2. The monoisotopic (exact) mass is 409 g/mol. The van der Waals surface area contributed by atoms with Crippen molar-refractivity contribution in [1.82, 2.24) is 9.97 Å². The summed E-state index contributed by atoms with van der Waals surface area (Å²) in [5.41, 5.74) is 1.74. The number of aromatic nitrogens is 2. The molecule has 1 aliphatic heterocycles. The minimum Gasteiger partial charge on any atom is -0.506 e. The van der Waals surface area contributed by atoms with Gasteiger partial charge in [0, 0.05) is 36.5 Å². The third kappa shape index (κ3) is 3.95. The molecule has 4 rings (SSSR count). The van der Waals surface area contributed by atoms with E-state index in [-0.39, 0.29) is 30.0 Å². The van der Waals surface area contributed by atoms with Crippen LogP contribution in [0.15, 0.2) is 30.1 Å². The van der Waals surface area contributed by atoms with Crippen molar-refractivity contribution in [2.24, 2.45) is 0 Å². The van der Waals surface area contributed by atoms with Crippen LogP contribution in [0, 0.1) is 11.3 Å². The van der Waals surface area contributed by atoms with Gasteiger partial charge in [0.2, 0.25) is 11.8 Å². The van der Waals surface area contributed by atoms with Crippen molar-refractivity contribution >= 4 is 23.5 Å². The third-order valence-electron chi connectivity index (χ3n) is 4.34. The van der Waals surface area contributed by atoms with Crippen LogP contribution >= 0.6 is 0 Å². The topological polar surface area (TPSA) is 149 Å². The third-order valence-corrected chi connectivity index (χ3v) is 4.34. The summed E-state index contributed by atoms with van der Waals surface area (Å²) in [6.07, 6.45) is 3.08. The summed E-state index contributed by atoms with van der Waals surface area (Å²) >= 11 is 0. The van der Waals surface area contributed by atoms with E-state index in [4.69, 9.17) is 14.7 Å². The SMILES string of the molecule is COc1cc2c(cn1)CC(=O)C(C#N)=C2O.COc1cc2c(cn1)CC(=O)OC2=O. The van der Waals surface area contributed by atoms with Crippen LogP contribution in [-0.4, -0.2) is 47.0 Å². The van der Waals surface area contributed by atoms with E-state index in [1.165, 1.54) is 38.7 Å². The molecule has 0 amide bonds. The maximum Gasteiger partial charge on any atom is 0.346 e. The average Bonchev–Trinajstić information content (AvgIpc) is 2.74. The second-order valence-corrected chi connectivity index (χ2v) is 6.14. The summed E-state index contributed by atoms with van der Waals surface area (Å²) in [7, 11) is 2.91. The summed E-state index contributed by atoms with van der Waals surface area (Å²) in [4.78, 5) is 41.4.